The van der Waals surface area contributed by atoms with Crippen LogP contribution in [0.4, 0.5) is 5.95 Å². The molecule has 2 N–H and O–H groups in total. The zero-order valence-electron chi connectivity index (χ0n) is 9.70. The predicted molar refractivity (Wildman–Crippen MR) is 67.6 cm³/mol. The molecule has 0 bridgehead atoms. The van der Waals surface area contributed by atoms with Gasteiger partial charge in [0.1, 0.15) is 0 Å². The van der Waals surface area contributed by atoms with Crippen LogP contribution in [-0.4, -0.2) is 35.3 Å². The van der Waals surface area contributed by atoms with Crippen molar-refractivity contribution >= 4 is 23.3 Å². The number of anilines is 1. The highest BCUT2D eigenvalue weighted by molar-refractivity contribution is 7.80. The highest BCUT2D eigenvalue weighted by atomic mass is 32.1. The number of aryl methyl sites for hydroxylation is 2. The van der Waals surface area contributed by atoms with E-state index >= 15 is 0 Å². The average molecular weight is 240 g/mol. The lowest BCUT2D eigenvalue weighted by atomic mass is 10.4. The van der Waals surface area contributed by atoms with Crippen molar-refractivity contribution in [2.45, 2.75) is 13.8 Å². The molecule has 0 spiro atoms. The van der Waals surface area contributed by atoms with Crippen molar-refractivity contribution in [2.24, 2.45) is 0 Å². The molecule has 1 rings (SSSR count). The minimum atomic E-state index is 0.502. The molecule has 0 aliphatic heterocycles. The SMILES string of the molecule is COCCNC(=S)Nc1nc(C)cc(C)n1. The van der Waals surface area contributed by atoms with Crippen LogP contribution in [0.2, 0.25) is 0 Å². The smallest absolute Gasteiger partial charge is 0.229 e. The number of hydrogen-bond acceptors (Lipinski definition) is 4. The van der Waals surface area contributed by atoms with Gasteiger partial charge in [-0.15, -0.1) is 0 Å². The second-order valence-corrected chi connectivity index (χ2v) is 3.76. The zero-order valence-corrected chi connectivity index (χ0v) is 10.5. The molecule has 0 radical (unpaired) electrons. The molecular weight excluding hydrogens is 224 g/mol. The summed E-state index contributed by atoms with van der Waals surface area (Å²) in [4.78, 5) is 8.44. The van der Waals surface area contributed by atoms with Gasteiger partial charge in [-0.25, -0.2) is 9.97 Å². The van der Waals surface area contributed by atoms with E-state index in [4.69, 9.17) is 17.0 Å². The standard InChI is InChI=1S/C10H16N4OS/c1-7-6-8(2)13-9(12-7)14-10(16)11-4-5-15-3/h6H,4-5H2,1-3H3,(H2,11,12,13,14,16). The Morgan fingerprint density at radius 1 is 1.38 bits per heavy atom. The topological polar surface area (TPSA) is 59.1 Å². The van der Waals surface area contributed by atoms with Crippen LogP contribution in [0.25, 0.3) is 0 Å². The minimum absolute atomic E-state index is 0.502. The summed E-state index contributed by atoms with van der Waals surface area (Å²) < 4.78 is 4.90. The molecule has 0 aliphatic carbocycles. The Morgan fingerprint density at radius 2 is 2.00 bits per heavy atom. The zero-order chi connectivity index (χ0) is 12.0. The molecule has 0 saturated heterocycles. The van der Waals surface area contributed by atoms with Gasteiger partial charge in [-0.1, -0.05) is 0 Å². The molecule has 0 unspecified atom stereocenters. The van der Waals surface area contributed by atoms with Gasteiger partial charge in [0, 0.05) is 25.0 Å². The first-order chi connectivity index (χ1) is 7.61. The van der Waals surface area contributed by atoms with E-state index in [1.807, 2.05) is 19.9 Å². The van der Waals surface area contributed by atoms with Gasteiger partial charge in [0.2, 0.25) is 5.95 Å². The molecule has 0 saturated carbocycles. The molecular formula is C10H16N4OS. The highest BCUT2D eigenvalue weighted by Gasteiger charge is 2.01. The molecule has 1 aromatic rings. The summed E-state index contributed by atoms with van der Waals surface area (Å²) in [6.07, 6.45) is 0. The maximum Gasteiger partial charge on any atom is 0.229 e. The fourth-order valence-corrected chi connectivity index (χ4v) is 1.39. The monoisotopic (exact) mass is 240 g/mol. The molecule has 0 atom stereocenters. The van der Waals surface area contributed by atoms with Gasteiger partial charge in [0.25, 0.3) is 0 Å². The molecule has 0 aliphatic rings. The molecule has 0 aromatic carbocycles. The van der Waals surface area contributed by atoms with Gasteiger partial charge in [-0.05, 0) is 32.1 Å². The van der Waals surface area contributed by atoms with E-state index in [0.717, 1.165) is 11.4 Å². The Morgan fingerprint density at radius 3 is 2.56 bits per heavy atom. The van der Waals surface area contributed by atoms with Crippen LogP contribution in [0.3, 0.4) is 0 Å². The summed E-state index contributed by atoms with van der Waals surface area (Å²) in [5, 5.41) is 6.41. The fraction of sp³-hybridized carbons (Fsp3) is 0.500. The van der Waals surface area contributed by atoms with E-state index in [-0.39, 0.29) is 0 Å². The lowest BCUT2D eigenvalue weighted by Crippen LogP contribution is -2.31. The summed E-state index contributed by atoms with van der Waals surface area (Å²) in [5.41, 5.74) is 1.82. The number of nitrogens with zero attached hydrogens (tertiary/aromatic N) is 2. The number of thiocarbonyl (C=S) groups is 1. The van der Waals surface area contributed by atoms with E-state index < -0.39 is 0 Å². The molecule has 88 valence electrons. The first kappa shape index (κ1) is 12.8. The third-order valence-corrected chi connectivity index (χ3v) is 2.05. The number of rotatable bonds is 4. The number of aromatic nitrogens is 2. The normalized spacial score (nSPS) is 9.94. The van der Waals surface area contributed by atoms with Crippen molar-refractivity contribution < 1.29 is 4.74 Å². The van der Waals surface area contributed by atoms with Crippen molar-refractivity contribution in [3.63, 3.8) is 0 Å². The highest BCUT2D eigenvalue weighted by Crippen LogP contribution is 2.03. The Hall–Kier alpha value is -1.27. The Labute approximate surface area is 101 Å². The Bertz CT molecular complexity index is 350. The van der Waals surface area contributed by atoms with Crippen LogP contribution in [0.5, 0.6) is 0 Å². The minimum Gasteiger partial charge on any atom is -0.383 e. The second-order valence-electron chi connectivity index (χ2n) is 3.35. The van der Waals surface area contributed by atoms with Crippen molar-refractivity contribution in [2.75, 3.05) is 25.6 Å². The third kappa shape index (κ3) is 4.50. The molecule has 16 heavy (non-hydrogen) atoms. The second kappa shape index (κ2) is 6.34. The largest absolute Gasteiger partial charge is 0.383 e. The summed E-state index contributed by atoms with van der Waals surface area (Å²) in [6.45, 7) is 5.10. The van der Waals surface area contributed by atoms with E-state index in [9.17, 15) is 0 Å². The molecule has 1 heterocycles. The van der Waals surface area contributed by atoms with Gasteiger partial charge in [-0.3, -0.25) is 0 Å². The Kier molecular flexibility index (Phi) is 5.07. The number of hydrogen-bond donors (Lipinski definition) is 2. The van der Waals surface area contributed by atoms with E-state index in [1.54, 1.807) is 7.11 Å². The van der Waals surface area contributed by atoms with Gasteiger partial charge < -0.3 is 15.4 Å². The lowest BCUT2D eigenvalue weighted by Gasteiger charge is -2.09. The first-order valence-corrected chi connectivity index (χ1v) is 5.38. The molecule has 5 nitrogen and oxygen atoms in total. The Balaban J connectivity index is 2.49. The van der Waals surface area contributed by atoms with Gasteiger partial charge in [0.15, 0.2) is 5.11 Å². The van der Waals surface area contributed by atoms with Crippen LogP contribution in [0.15, 0.2) is 6.07 Å². The quantitative estimate of drug-likeness (QED) is 0.605. The van der Waals surface area contributed by atoms with Crippen LogP contribution in [-0.2, 0) is 4.74 Å². The summed E-state index contributed by atoms with van der Waals surface area (Å²) in [7, 11) is 1.64. The number of methoxy groups -OCH3 is 1. The van der Waals surface area contributed by atoms with Crippen LogP contribution in [0, 0.1) is 13.8 Å². The van der Waals surface area contributed by atoms with Gasteiger partial charge >= 0.3 is 0 Å². The van der Waals surface area contributed by atoms with Crippen LogP contribution >= 0.6 is 12.2 Å². The van der Waals surface area contributed by atoms with Crippen LogP contribution < -0.4 is 10.6 Å². The van der Waals surface area contributed by atoms with Crippen molar-refractivity contribution in [3.05, 3.63) is 17.5 Å². The van der Waals surface area contributed by atoms with Crippen LogP contribution in [0.1, 0.15) is 11.4 Å². The maximum atomic E-state index is 5.08. The summed E-state index contributed by atoms with van der Waals surface area (Å²) >= 11 is 5.08. The van der Waals surface area contributed by atoms with Crippen molar-refractivity contribution in [3.8, 4) is 0 Å². The van der Waals surface area contributed by atoms with E-state index in [1.165, 1.54) is 0 Å². The molecule has 1 aromatic heterocycles. The van der Waals surface area contributed by atoms with Crippen molar-refractivity contribution in [1.82, 2.24) is 15.3 Å². The third-order valence-electron chi connectivity index (χ3n) is 1.80. The lowest BCUT2D eigenvalue weighted by molar-refractivity contribution is 0.204. The predicted octanol–water partition coefficient (Wildman–Crippen LogP) is 1.03. The molecule has 6 heteroatoms. The molecule has 0 amide bonds. The van der Waals surface area contributed by atoms with Gasteiger partial charge in [-0.2, -0.15) is 0 Å². The maximum absolute atomic E-state index is 5.08. The fourth-order valence-electron chi connectivity index (χ4n) is 1.19. The van der Waals surface area contributed by atoms with E-state index in [2.05, 4.69) is 20.6 Å². The molecule has 0 fully saturated rings. The first-order valence-electron chi connectivity index (χ1n) is 4.98. The number of nitrogens with one attached hydrogen (secondary N) is 2. The summed E-state index contributed by atoms with van der Waals surface area (Å²) in [5.74, 6) is 0.521. The van der Waals surface area contributed by atoms with E-state index in [0.29, 0.717) is 24.2 Å². The number of ether oxygens (including phenoxy) is 1. The van der Waals surface area contributed by atoms with Crippen molar-refractivity contribution in [1.29, 1.82) is 0 Å². The summed E-state index contributed by atoms with van der Waals surface area (Å²) in [6, 6.07) is 1.91. The average Bonchev–Trinajstić information content (AvgIpc) is 2.16. The van der Waals surface area contributed by atoms with Gasteiger partial charge in [0.05, 0.1) is 6.61 Å².